The van der Waals surface area contributed by atoms with Crippen LogP contribution < -0.4 is 10.5 Å². The van der Waals surface area contributed by atoms with Crippen LogP contribution in [0.2, 0.25) is 0 Å². The third-order valence-corrected chi connectivity index (χ3v) is 2.58. The van der Waals surface area contributed by atoms with Crippen molar-refractivity contribution in [1.82, 2.24) is 0 Å². The van der Waals surface area contributed by atoms with Crippen molar-refractivity contribution in [2.45, 2.75) is 39.2 Å². The molecule has 90 valence electrons. The normalized spacial score (nSPS) is 11.6. The summed E-state index contributed by atoms with van der Waals surface area (Å²) in [6, 6.07) is 3.78. The first kappa shape index (κ1) is 12.8. The smallest absolute Gasteiger partial charge is 0.161 e. The molecule has 0 aliphatic heterocycles. The molecule has 0 spiro atoms. The van der Waals surface area contributed by atoms with Gasteiger partial charge in [-0.2, -0.15) is 0 Å². The van der Waals surface area contributed by atoms with Crippen LogP contribution in [0.5, 0.6) is 11.5 Å². The van der Waals surface area contributed by atoms with Crippen molar-refractivity contribution in [3.63, 3.8) is 0 Å². The number of ether oxygens (including phenoxy) is 1. The first-order chi connectivity index (χ1) is 7.39. The zero-order valence-corrected chi connectivity index (χ0v) is 10.5. The molecule has 0 aliphatic carbocycles. The molecule has 16 heavy (non-hydrogen) atoms. The van der Waals surface area contributed by atoms with Crippen LogP contribution in [0.1, 0.15) is 31.9 Å². The van der Waals surface area contributed by atoms with Gasteiger partial charge in [-0.1, -0.05) is 13.0 Å². The maximum absolute atomic E-state index is 10.1. The number of aromatic hydroxyl groups is 1. The van der Waals surface area contributed by atoms with Crippen molar-refractivity contribution in [1.29, 1.82) is 0 Å². The lowest BCUT2D eigenvalue weighted by Crippen LogP contribution is -2.34. The lowest BCUT2D eigenvalue weighted by atomic mass is 9.91. The second-order valence-corrected chi connectivity index (χ2v) is 4.77. The number of phenols is 1. The van der Waals surface area contributed by atoms with E-state index in [0.717, 1.165) is 17.5 Å². The van der Waals surface area contributed by atoms with Crippen LogP contribution in [0.15, 0.2) is 12.1 Å². The number of hydrogen-bond acceptors (Lipinski definition) is 3. The molecular weight excluding hydrogens is 202 g/mol. The lowest BCUT2D eigenvalue weighted by molar-refractivity contribution is 0.366. The second kappa shape index (κ2) is 4.74. The molecule has 1 rings (SSSR count). The monoisotopic (exact) mass is 223 g/mol. The van der Waals surface area contributed by atoms with Gasteiger partial charge in [0, 0.05) is 11.1 Å². The van der Waals surface area contributed by atoms with Gasteiger partial charge < -0.3 is 15.6 Å². The molecule has 3 N–H and O–H groups in total. The molecule has 0 heterocycles. The van der Waals surface area contributed by atoms with Gasteiger partial charge in [-0.15, -0.1) is 0 Å². The van der Waals surface area contributed by atoms with E-state index in [2.05, 4.69) is 6.92 Å². The molecule has 0 unspecified atom stereocenters. The Labute approximate surface area is 97.2 Å². The Hall–Kier alpha value is -1.22. The number of rotatable bonds is 4. The summed E-state index contributed by atoms with van der Waals surface area (Å²) in [7, 11) is 1.55. The van der Waals surface area contributed by atoms with Crippen molar-refractivity contribution >= 4 is 0 Å². The Kier molecular flexibility index (Phi) is 3.81. The summed E-state index contributed by atoms with van der Waals surface area (Å²) in [5.74, 6) is 0.733. The minimum Gasteiger partial charge on any atom is -0.504 e. The zero-order valence-electron chi connectivity index (χ0n) is 10.5. The van der Waals surface area contributed by atoms with Crippen molar-refractivity contribution in [2.75, 3.05) is 7.11 Å². The fourth-order valence-electron chi connectivity index (χ4n) is 1.81. The Balaban J connectivity index is 3.21. The molecule has 0 atom stereocenters. The first-order valence-corrected chi connectivity index (χ1v) is 5.55. The molecule has 1 aromatic carbocycles. The summed E-state index contributed by atoms with van der Waals surface area (Å²) < 4.78 is 5.11. The van der Waals surface area contributed by atoms with Crippen LogP contribution in [-0.4, -0.2) is 17.8 Å². The Morgan fingerprint density at radius 2 is 2.00 bits per heavy atom. The molecule has 0 amide bonds. The SMILES string of the molecule is CCc1ccc(OC)c(O)c1CC(C)(C)N. The van der Waals surface area contributed by atoms with Gasteiger partial charge in [-0.3, -0.25) is 0 Å². The fourth-order valence-corrected chi connectivity index (χ4v) is 1.81. The first-order valence-electron chi connectivity index (χ1n) is 5.55. The molecule has 0 fully saturated rings. The third kappa shape index (κ3) is 2.89. The van der Waals surface area contributed by atoms with Crippen LogP contribution in [-0.2, 0) is 12.8 Å². The summed E-state index contributed by atoms with van der Waals surface area (Å²) in [4.78, 5) is 0. The number of phenolic OH excluding ortho intramolecular Hbond substituents is 1. The lowest BCUT2D eigenvalue weighted by Gasteiger charge is -2.22. The van der Waals surface area contributed by atoms with Crippen LogP contribution in [0, 0.1) is 0 Å². The van der Waals surface area contributed by atoms with Crippen LogP contribution in [0.4, 0.5) is 0 Å². The van der Waals surface area contributed by atoms with Gasteiger partial charge in [0.25, 0.3) is 0 Å². The summed E-state index contributed by atoms with van der Waals surface area (Å²) in [5, 5.41) is 10.1. The van der Waals surface area contributed by atoms with E-state index in [0.29, 0.717) is 12.2 Å². The maximum atomic E-state index is 10.1. The minimum atomic E-state index is -0.340. The quantitative estimate of drug-likeness (QED) is 0.823. The zero-order chi connectivity index (χ0) is 12.3. The Bertz CT molecular complexity index is 367. The van der Waals surface area contributed by atoms with E-state index in [-0.39, 0.29) is 11.3 Å². The van der Waals surface area contributed by atoms with Gasteiger partial charge in [0.05, 0.1) is 7.11 Å². The molecule has 0 saturated carbocycles. The number of aryl methyl sites for hydroxylation is 1. The predicted molar refractivity (Wildman–Crippen MR) is 66.0 cm³/mol. The second-order valence-electron chi connectivity index (χ2n) is 4.77. The van der Waals surface area contributed by atoms with Gasteiger partial charge in [-0.25, -0.2) is 0 Å². The van der Waals surface area contributed by atoms with Crippen molar-refractivity contribution < 1.29 is 9.84 Å². The number of nitrogens with two attached hydrogens (primary N) is 1. The molecule has 3 nitrogen and oxygen atoms in total. The number of methoxy groups -OCH3 is 1. The summed E-state index contributed by atoms with van der Waals surface area (Å²) >= 11 is 0. The topological polar surface area (TPSA) is 55.5 Å². The van der Waals surface area contributed by atoms with E-state index in [1.54, 1.807) is 13.2 Å². The van der Waals surface area contributed by atoms with Gasteiger partial charge >= 0.3 is 0 Å². The van der Waals surface area contributed by atoms with Crippen molar-refractivity contribution in [2.24, 2.45) is 5.73 Å². The van der Waals surface area contributed by atoms with E-state index in [9.17, 15) is 5.11 Å². The van der Waals surface area contributed by atoms with Crippen molar-refractivity contribution in [3.05, 3.63) is 23.3 Å². The Morgan fingerprint density at radius 3 is 2.44 bits per heavy atom. The summed E-state index contributed by atoms with van der Waals surface area (Å²) in [5.41, 5.74) is 7.68. The molecule has 0 aromatic heterocycles. The van der Waals surface area contributed by atoms with Crippen LogP contribution in [0.3, 0.4) is 0 Å². The van der Waals surface area contributed by atoms with Crippen LogP contribution >= 0.6 is 0 Å². The van der Waals surface area contributed by atoms with E-state index in [4.69, 9.17) is 10.5 Å². The summed E-state index contributed by atoms with van der Waals surface area (Å²) in [6.07, 6.45) is 1.52. The molecule has 0 saturated heterocycles. The Morgan fingerprint density at radius 1 is 1.38 bits per heavy atom. The maximum Gasteiger partial charge on any atom is 0.161 e. The van der Waals surface area contributed by atoms with E-state index >= 15 is 0 Å². The molecule has 0 bridgehead atoms. The average Bonchev–Trinajstić information content (AvgIpc) is 2.19. The average molecular weight is 223 g/mol. The number of hydrogen-bond donors (Lipinski definition) is 2. The highest BCUT2D eigenvalue weighted by Gasteiger charge is 2.19. The highest BCUT2D eigenvalue weighted by atomic mass is 16.5. The van der Waals surface area contributed by atoms with Gasteiger partial charge in [0.15, 0.2) is 11.5 Å². The number of benzene rings is 1. The van der Waals surface area contributed by atoms with E-state index in [1.165, 1.54) is 0 Å². The highest BCUT2D eigenvalue weighted by Crippen LogP contribution is 2.34. The molecule has 0 radical (unpaired) electrons. The third-order valence-electron chi connectivity index (χ3n) is 2.58. The highest BCUT2D eigenvalue weighted by molar-refractivity contribution is 5.50. The molecular formula is C13H21NO2. The molecule has 1 aromatic rings. The largest absolute Gasteiger partial charge is 0.504 e. The minimum absolute atomic E-state index is 0.223. The van der Waals surface area contributed by atoms with E-state index in [1.807, 2.05) is 19.9 Å². The molecule has 3 heteroatoms. The standard InChI is InChI=1S/C13H21NO2/c1-5-9-6-7-11(16-4)12(15)10(9)8-13(2,3)14/h6-7,15H,5,8,14H2,1-4H3. The van der Waals surface area contributed by atoms with Crippen molar-refractivity contribution in [3.8, 4) is 11.5 Å². The van der Waals surface area contributed by atoms with Gasteiger partial charge in [-0.05, 0) is 38.3 Å². The van der Waals surface area contributed by atoms with Gasteiger partial charge in [0.2, 0.25) is 0 Å². The van der Waals surface area contributed by atoms with Gasteiger partial charge in [0.1, 0.15) is 0 Å². The van der Waals surface area contributed by atoms with E-state index < -0.39 is 0 Å². The fraction of sp³-hybridized carbons (Fsp3) is 0.538. The molecule has 0 aliphatic rings. The van der Waals surface area contributed by atoms with Crippen LogP contribution in [0.25, 0.3) is 0 Å². The summed E-state index contributed by atoms with van der Waals surface area (Å²) in [6.45, 7) is 5.96. The predicted octanol–water partition coefficient (Wildman–Crippen LogP) is 2.24.